The highest BCUT2D eigenvalue weighted by atomic mass is 16.7. The molecule has 1 rings (SSSR count). The Labute approximate surface area is 432 Å². The largest absolute Gasteiger partial charge is 0.394 e. The van der Waals surface area contributed by atoms with Crippen LogP contribution in [0.3, 0.4) is 0 Å². The number of aliphatic hydroxyl groups is 6. The van der Waals surface area contributed by atoms with Crippen LogP contribution in [0.15, 0.2) is 0 Å². The van der Waals surface area contributed by atoms with E-state index in [1.54, 1.807) is 0 Å². The van der Waals surface area contributed by atoms with E-state index in [0.29, 0.717) is 12.8 Å². The van der Waals surface area contributed by atoms with Gasteiger partial charge >= 0.3 is 0 Å². The zero-order valence-electron chi connectivity index (χ0n) is 46.2. The van der Waals surface area contributed by atoms with E-state index in [9.17, 15) is 35.4 Å². The lowest BCUT2D eigenvalue weighted by molar-refractivity contribution is -0.302. The molecule has 1 heterocycles. The minimum absolute atomic E-state index is 0.249. The number of hydrogen-bond donors (Lipinski definition) is 7. The van der Waals surface area contributed by atoms with Crippen molar-refractivity contribution in [2.24, 2.45) is 0 Å². The van der Waals surface area contributed by atoms with Crippen LogP contribution in [-0.2, 0) is 14.3 Å². The molecule has 70 heavy (non-hydrogen) atoms. The molecule has 10 nitrogen and oxygen atoms in total. The maximum Gasteiger partial charge on any atom is 0.249 e. The zero-order valence-corrected chi connectivity index (χ0v) is 46.2. The molecular weight excluding hydrogens is 879 g/mol. The molecule has 8 unspecified atom stereocenters. The summed E-state index contributed by atoms with van der Waals surface area (Å²) in [7, 11) is 0. The molecule has 1 saturated heterocycles. The van der Waals surface area contributed by atoms with Gasteiger partial charge in [-0.2, -0.15) is 0 Å². The normalized spacial score (nSPS) is 19.7. The number of carbonyl (C=O) groups is 1. The van der Waals surface area contributed by atoms with Crippen LogP contribution in [0.5, 0.6) is 0 Å². The maximum absolute atomic E-state index is 13.2. The fraction of sp³-hybridized carbons (Fsp3) is 0.983. The van der Waals surface area contributed by atoms with Gasteiger partial charge in [-0.15, -0.1) is 0 Å². The first-order valence-corrected chi connectivity index (χ1v) is 30.8. The number of hydrogen-bond acceptors (Lipinski definition) is 9. The number of aliphatic hydroxyl groups excluding tert-OH is 6. The molecule has 8 atom stereocenters. The molecule has 0 aromatic heterocycles. The Morgan fingerprint density at radius 3 is 1.01 bits per heavy atom. The minimum Gasteiger partial charge on any atom is -0.394 e. The number of carbonyl (C=O) groups excluding carboxylic acids is 1. The summed E-state index contributed by atoms with van der Waals surface area (Å²) < 4.78 is 11.3. The molecular formula is C60H119NO9. The third-order valence-corrected chi connectivity index (χ3v) is 15.3. The van der Waals surface area contributed by atoms with Gasteiger partial charge in [0.2, 0.25) is 5.91 Å². The fourth-order valence-corrected chi connectivity index (χ4v) is 10.3. The quantitative estimate of drug-likeness (QED) is 0.0293. The highest BCUT2D eigenvalue weighted by molar-refractivity contribution is 5.80. The molecule has 1 fully saturated rings. The van der Waals surface area contributed by atoms with Gasteiger partial charge in [0, 0.05) is 0 Å². The van der Waals surface area contributed by atoms with Crippen molar-refractivity contribution in [2.45, 2.75) is 365 Å². The number of ether oxygens (including phenoxy) is 2. The third-order valence-electron chi connectivity index (χ3n) is 15.3. The average Bonchev–Trinajstić information content (AvgIpc) is 3.36. The van der Waals surface area contributed by atoms with Crippen LogP contribution in [0, 0.1) is 0 Å². The first kappa shape index (κ1) is 67.2. The van der Waals surface area contributed by atoms with Crippen LogP contribution in [0.4, 0.5) is 0 Å². The summed E-state index contributed by atoms with van der Waals surface area (Å²) in [5.41, 5.74) is 0. The fourth-order valence-electron chi connectivity index (χ4n) is 10.3. The second kappa shape index (κ2) is 50.3. The molecule has 0 aromatic rings. The van der Waals surface area contributed by atoms with Crippen molar-refractivity contribution in [2.75, 3.05) is 13.2 Å². The van der Waals surface area contributed by atoms with Crippen molar-refractivity contribution >= 4 is 5.91 Å². The summed E-state index contributed by atoms with van der Waals surface area (Å²) in [4.78, 5) is 13.2. The van der Waals surface area contributed by atoms with Crippen LogP contribution < -0.4 is 5.32 Å². The highest BCUT2D eigenvalue weighted by Crippen LogP contribution is 2.24. The summed E-state index contributed by atoms with van der Waals surface area (Å²) in [6.45, 7) is 3.72. The summed E-state index contributed by atoms with van der Waals surface area (Å²) in [5.74, 6) is -0.575. The predicted octanol–water partition coefficient (Wildman–Crippen LogP) is 14.4. The van der Waals surface area contributed by atoms with Gasteiger partial charge in [-0.3, -0.25) is 4.79 Å². The smallest absolute Gasteiger partial charge is 0.249 e. The molecule has 0 aliphatic carbocycles. The molecule has 0 bridgehead atoms. The van der Waals surface area contributed by atoms with Crippen molar-refractivity contribution in [1.82, 2.24) is 5.32 Å². The van der Waals surface area contributed by atoms with Crippen molar-refractivity contribution in [3.8, 4) is 0 Å². The third kappa shape index (κ3) is 38.7. The monoisotopic (exact) mass is 998 g/mol. The molecule has 0 saturated carbocycles. The van der Waals surface area contributed by atoms with Crippen LogP contribution >= 0.6 is 0 Å². The minimum atomic E-state index is -1.59. The summed E-state index contributed by atoms with van der Waals surface area (Å²) >= 11 is 0. The lowest BCUT2D eigenvalue weighted by Gasteiger charge is -2.40. The molecule has 1 aliphatic heterocycles. The number of rotatable bonds is 54. The van der Waals surface area contributed by atoms with Gasteiger partial charge in [0.1, 0.15) is 30.5 Å². The van der Waals surface area contributed by atoms with Crippen molar-refractivity contribution in [3.63, 3.8) is 0 Å². The molecule has 418 valence electrons. The van der Waals surface area contributed by atoms with Crippen molar-refractivity contribution in [1.29, 1.82) is 0 Å². The Kier molecular flexibility index (Phi) is 48.3. The molecule has 1 aliphatic rings. The van der Waals surface area contributed by atoms with Gasteiger partial charge < -0.3 is 45.4 Å². The Morgan fingerprint density at radius 1 is 0.429 bits per heavy atom. The van der Waals surface area contributed by atoms with E-state index in [0.717, 1.165) is 38.5 Å². The molecule has 0 radical (unpaired) electrons. The Hall–Kier alpha value is -0.850. The molecule has 10 heteroatoms. The highest BCUT2D eigenvalue weighted by Gasteiger charge is 2.44. The first-order valence-electron chi connectivity index (χ1n) is 30.8. The van der Waals surface area contributed by atoms with Gasteiger partial charge in [-0.1, -0.05) is 303 Å². The second-order valence-electron chi connectivity index (χ2n) is 22.0. The van der Waals surface area contributed by atoms with Crippen molar-refractivity contribution < 1.29 is 44.9 Å². The van der Waals surface area contributed by atoms with Gasteiger partial charge in [-0.25, -0.2) is 0 Å². The lowest BCUT2D eigenvalue weighted by Crippen LogP contribution is -2.60. The summed E-state index contributed by atoms with van der Waals surface area (Å²) in [5, 5.41) is 65.3. The van der Waals surface area contributed by atoms with E-state index < -0.39 is 61.5 Å². The second-order valence-corrected chi connectivity index (χ2v) is 22.0. The van der Waals surface area contributed by atoms with E-state index in [1.165, 1.54) is 250 Å². The van der Waals surface area contributed by atoms with Crippen LogP contribution in [0.2, 0.25) is 0 Å². The predicted molar refractivity (Wildman–Crippen MR) is 292 cm³/mol. The Balaban J connectivity index is 2.16. The van der Waals surface area contributed by atoms with E-state index in [-0.39, 0.29) is 6.61 Å². The number of unbranched alkanes of at least 4 members (excludes halogenated alkanes) is 43. The van der Waals surface area contributed by atoms with Crippen LogP contribution in [-0.4, -0.2) is 98.7 Å². The molecule has 0 spiro atoms. The van der Waals surface area contributed by atoms with Gasteiger partial charge in [0.05, 0.1) is 25.4 Å². The Morgan fingerprint density at radius 2 is 0.714 bits per heavy atom. The van der Waals surface area contributed by atoms with E-state index in [2.05, 4.69) is 19.2 Å². The van der Waals surface area contributed by atoms with Gasteiger partial charge in [0.25, 0.3) is 0 Å². The van der Waals surface area contributed by atoms with E-state index >= 15 is 0 Å². The van der Waals surface area contributed by atoms with E-state index in [1.807, 2.05) is 0 Å². The van der Waals surface area contributed by atoms with Gasteiger partial charge in [-0.05, 0) is 12.8 Å². The SMILES string of the molecule is CCCCCCCCCCCCCCCCCCCCCCCCCCCCCCCC(O)C(=O)NC(COC1OC(CO)C(O)C(O)C1O)C(O)CCCCCCCCCCCCCCCCCC. The number of nitrogens with one attached hydrogen (secondary N) is 1. The van der Waals surface area contributed by atoms with Crippen LogP contribution in [0.1, 0.15) is 316 Å². The summed E-state index contributed by atoms with van der Waals surface area (Å²) in [6, 6.07) is -0.889. The molecule has 7 N–H and O–H groups in total. The summed E-state index contributed by atoms with van der Waals surface area (Å²) in [6.07, 6.45) is 50.4. The van der Waals surface area contributed by atoms with Gasteiger partial charge in [0.15, 0.2) is 6.29 Å². The average molecular weight is 999 g/mol. The van der Waals surface area contributed by atoms with Crippen molar-refractivity contribution in [3.05, 3.63) is 0 Å². The Bertz CT molecular complexity index is 1080. The standard InChI is InChI=1S/C60H119NO9/c1-3-5-7-9-11-13-15-17-19-21-22-23-24-25-26-27-28-29-30-31-32-33-35-37-39-41-43-45-47-49-54(64)59(68)61-52(51-69-60-58(67)57(66)56(65)55(50-62)70-60)53(63)48-46-44-42-40-38-36-34-20-18-16-14-12-10-8-6-4-2/h52-58,60,62-67H,3-51H2,1-2H3,(H,61,68). The zero-order chi connectivity index (χ0) is 51.0. The topological polar surface area (TPSA) is 169 Å². The maximum atomic E-state index is 13.2. The first-order chi connectivity index (χ1) is 34.3. The van der Waals surface area contributed by atoms with Crippen LogP contribution in [0.25, 0.3) is 0 Å². The van der Waals surface area contributed by atoms with E-state index in [4.69, 9.17) is 9.47 Å². The number of amides is 1. The molecule has 0 aromatic carbocycles. The lowest BCUT2D eigenvalue weighted by atomic mass is 9.99. The molecule has 1 amide bonds.